The lowest BCUT2D eigenvalue weighted by Gasteiger charge is -2.38. The van der Waals surface area contributed by atoms with Crippen LogP contribution in [0.2, 0.25) is 0 Å². The van der Waals surface area contributed by atoms with Crippen molar-refractivity contribution in [3.8, 4) is 0 Å². The molecule has 0 spiro atoms. The van der Waals surface area contributed by atoms with Crippen LogP contribution in [0, 0.1) is 0 Å². The molecule has 2 aliphatic heterocycles. The number of nitrogens with one attached hydrogen (secondary N) is 1. The predicted octanol–water partition coefficient (Wildman–Crippen LogP) is -0.342. The molecule has 2 aliphatic rings. The summed E-state index contributed by atoms with van der Waals surface area (Å²) >= 11 is 0. The molecule has 0 aromatic carbocycles. The van der Waals surface area contributed by atoms with Crippen molar-refractivity contribution in [3.05, 3.63) is 0 Å². The molecule has 3 N–H and O–H groups in total. The van der Waals surface area contributed by atoms with Gasteiger partial charge in [-0.3, -0.25) is 9.80 Å². The summed E-state index contributed by atoms with van der Waals surface area (Å²) in [5.41, 5.74) is 6.19. The van der Waals surface area contributed by atoms with Gasteiger partial charge in [0, 0.05) is 30.7 Å². The molecule has 2 heterocycles. The minimum absolute atomic E-state index is 0.292. The summed E-state index contributed by atoms with van der Waals surface area (Å²) in [6.45, 7) is 7.77. The molecule has 2 fully saturated rings. The lowest BCUT2D eigenvalue weighted by atomic mass is 9.98. The zero-order valence-electron chi connectivity index (χ0n) is 10.1. The molecule has 2 saturated heterocycles. The van der Waals surface area contributed by atoms with Crippen LogP contribution in [-0.2, 0) is 0 Å². The summed E-state index contributed by atoms with van der Waals surface area (Å²) in [5, 5.41) is 3.36. The Morgan fingerprint density at radius 2 is 2.00 bits per heavy atom. The summed E-state index contributed by atoms with van der Waals surface area (Å²) in [4.78, 5) is 5.00. The van der Waals surface area contributed by atoms with Gasteiger partial charge in [0.2, 0.25) is 0 Å². The second-order valence-electron chi connectivity index (χ2n) is 5.12. The number of hydrogen-bond donors (Lipinski definition) is 2. The molecule has 15 heavy (non-hydrogen) atoms. The topological polar surface area (TPSA) is 44.5 Å². The van der Waals surface area contributed by atoms with Gasteiger partial charge in [0.05, 0.1) is 6.67 Å². The van der Waals surface area contributed by atoms with E-state index in [-0.39, 0.29) is 0 Å². The maximum atomic E-state index is 6.19. The van der Waals surface area contributed by atoms with Gasteiger partial charge in [-0.05, 0) is 33.9 Å². The van der Waals surface area contributed by atoms with Crippen molar-refractivity contribution in [1.29, 1.82) is 0 Å². The van der Waals surface area contributed by atoms with Crippen molar-refractivity contribution >= 4 is 0 Å². The van der Waals surface area contributed by atoms with Gasteiger partial charge in [0.25, 0.3) is 0 Å². The van der Waals surface area contributed by atoms with Gasteiger partial charge in [-0.1, -0.05) is 0 Å². The molecule has 2 rings (SSSR count). The predicted molar refractivity (Wildman–Crippen MR) is 62.6 cm³/mol. The van der Waals surface area contributed by atoms with Crippen LogP contribution < -0.4 is 11.1 Å². The van der Waals surface area contributed by atoms with Gasteiger partial charge in [-0.15, -0.1) is 0 Å². The van der Waals surface area contributed by atoms with Crippen molar-refractivity contribution in [2.75, 3.05) is 26.8 Å². The number of piperidine rings is 1. The molecule has 0 bridgehead atoms. The van der Waals surface area contributed by atoms with Crippen LogP contribution in [0.15, 0.2) is 0 Å². The summed E-state index contributed by atoms with van der Waals surface area (Å²) < 4.78 is 0. The van der Waals surface area contributed by atoms with Gasteiger partial charge in [0.15, 0.2) is 0 Å². The maximum Gasteiger partial charge on any atom is 0.0513 e. The molecule has 4 unspecified atom stereocenters. The molecule has 0 aromatic rings. The minimum atomic E-state index is 0.292. The van der Waals surface area contributed by atoms with Gasteiger partial charge < -0.3 is 11.1 Å². The Labute approximate surface area is 92.8 Å². The number of rotatable bonds is 1. The van der Waals surface area contributed by atoms with E-state index in [1.165, 1.54) is 6.42 Å². The molecule has 4 nitrogen and oxygen atoms in total. The van der Waals surface area contributed by atoms with Gasteiger partial charge >= 0.3 is 0 Å². The van der Waals surface area contributed by atoms with E-state index in [0.717, 1.165) is 19.8 Å². The summed E-state index contributed by atoms with van der Waals surface area (Å²) in [5.74, 6) is 0. The molecule has 4 atom stereocenters. The van der Waals surface area contributed by atoms with Crippen molar-refractivity contribution in [1.82, 2.24) is 15.1 Å². The van der Waals surface area contributed by atoms with Gasteiger partial charge in [-0.2, -0.15) is 0 Å². The van der Waals surface area contributed by atoms with Crippen LogP contribution in [-0.4, -0.2) is 60.8 Å². The molecular formula is C11H24N4. The fourth-order valence-corrected chi connectivity index (χ4v) is 2.85. The molecule has 0 radical (unpaired) electrons. The van der Waals surface area contributed by atoms with E-state index in [1.807, 2.05) is 0 Å². The molecular weight excluding hydrogens is 188 g/mol. The van der Waals surface area contributed by atoms with E-state index in [4.69, 9.17) is 5.73 Å². The Balaban J connectivity index is 2.03. The fraction of sp³-hybridized carbons (Fsp3) is 1.00. The first-order valence-corrected chi connectivity index (χ1v) is 6.03. The van der Waals surface area contributed by atoms with E-state index in [0.29, 0.717) is 24.2 Å². The summed E-state index contributed by atoms with van der Waals surface area (Å²) in [6, 6.07) is 2.13. The van der Waals surface area contributed by atoms with E-state index < -0.39 is 0 Å². The highest BCUT2D eigenvalue weighted by Crippen LogP contribution is 2.24. The second-order valence-corrected chi connectivity index (χ2v) is 5.12. The second kappa shape index (κ2) is 4.37. The largest absolute Gasteiger partial charge is 0.325 e. The Hall–Kier alpha value is -0.160. The Bertz CT molecular complexity index is 221. The van der Waals surface area contributed by atoms with Crippen LogP contribution in [0.25, 0.3) is 0 Å². The van der Waals surface area contributed by atoms with E-state index >= 15 is 0 Å². The third-order valence-electron chi connectivity index (χ3n) is 4.22. The molecule has 0 amide bonds. The SMILES string of the molecule is CC1C(C)N(C2CCNCC2N)CN1C. The average Bonchev–Trinajstić information content (AvgIpc) is 2.47. The molecule has 88 valence electrons. The van der Waals surface area contributed by atoms with E-state index in [9.17, 15) is 0 Å². The number of hydrogen-bond acceptors (Lipinski definition) is 4. The Morgan fingerprint density at radius 1 is 1.27 bits per heavy atom. The fourth-order valence-electron chi connectivity index (χ4n) is 2.85. The van der Waals surface area contributed by atoms with Crippen molar-refractivity contribution in [3.63, 3.8) is 0 Å². The first-order chi connectivity index (χ1) is 7.11. The Morgan fingerprint density at radius 3 is 2.53 bits per heavy atom. The number of likely N-dealkylation sites (N-methyl/N-ethyl adjacent to an activating group) is 1. The first-order valence-electron chi connectivity index (χ1n) is 6.03. The molecule has 0 aromatic heterocycles. The maximum absolute atomic E-state index is 6.19. The normalized spacial score (nSPS) is 44.8. The average molecular weight is 212 g/mol. The summed E-state index contributed by atoms with van der Waals surface area (Å²) in [7, 11) is 2.20. The summed E-state index contributed by atoms with van der Waals surface area (Å²) in [6.07, 6.45) is 1.19. The third-order valence-corrected chi connectivity index (χ3v) is 4.22. The Kier molecular flexibility index (Phi) is 3.30. The van der Waals surface area contributed by atoms with Crippen LogP contribution in [0.1, 0.15) is 20.3 Å². The van der Waals surface area contributed by atoms with Crippen LogP contribution in [0.3, 0.4) is 0 Å². The highest BCUT2D eigenvalue weighted by molar-refractivity contribution is 4.95. The third kappa shape index (κ3) is 2.04. The van der Waals surface area contributed by atoms with E-state index in [1.54, 1.807) is 0 Å². The first kappa shape index (κ1) is 11.3. The number of nitrogens with zero attached hydrogens (tertiary/aromatic N) is 2. The smallest absolute Gasteiger partial charge is 0.0513 e. The highest BCUT2D eigenvalue weighted by atomic mass is 15.4. The molecule has 0 saturated carbocycles. The van der Waals surface area contributed by atoms with Crippen molar-refractivity contribution in [2.24, 2.45) is 5.73 Å². The van der Waals surface area contributed by atoms with Crippen LogP contribution in [0.5, 0.6) is 0 Å². The van der Waals surface area contributed by atoms with Crippen LogP contribution in [0.4, 0.5) is 0 Å². The number of nitrogens with two attached hydrogens (primary N) is 1. The monoisotopic (exact) mass is 212 g/mol. The van der Waals surface area contributed by atoms with Crippen LogP contribution >= 0.6 is 0 Å². The quantitative estimate of drug-likeness (QED) is 0.624. The highest BCUT2D eigenvalue weighted by Gasteiger charge is 2.38. The molecule has 4 heteroatoms. The lowest BCUT2D eigenvalue weighted by Crippen LogP contribution is -2.58. The van der Waals surface area contributed by atoms with Crippen molar-refractivity contribution in [2.45, 2.75) is 44.4 Å². The zero-order chi connectivity index (χ0) is 11.0. The van der Waals surface area contributed by atoms with Gasteiger partial charge in [0.1, 0.15) is 0 Å². The standard InChI is InChI=1S/C11H24N4/c1-8-9(2)15(7-14(8)3)11-4-5-13-6-10(11)12/h8-11,13H,4-7,12H2,1-3H3. The zero-order valence-corrected chi connectivity index (χ0v) is 10.1. The lowest BCUT2D eigenvalue weighted by molar-refractivity contribution is 0.126. The van der Waals surface area contributed by atoms with Gasteiger partial charge in [-0.25, -0.2) is 0 Å². The van der Waals surface area contributed by atoms with E-state index in [2.05, 4.69) is 36.0 Å². The molecule has 0 aliphatic carbocycles. The van der Waals surface area contributed by atoms with Crippen molar-refractivity contribution < 1.29 is 0 Å². The minimum Gasteiger partial charge on any atom is -0.325 e.